The lowest BCUT2D eigenvalue weighted by Crippen LogP contribution is -2.19. The third kappa shape index (κ3) is 3.17. The molecule has 2 rings (SSSR count). The third-order valence-corrected chi connectivity index (χ3v) is 3.23. The Bertz CT molecular complexity index is 479. The standard InChI is InChI=1S/C16H20N2/c1-3-14-8-4-5-9-15(14)12-18-13(2)16-10-6-7-11-17-16/h4-11,13,18H,3,12H2,1-2H3/t13-/m1/s1. The first-order chi connectivity index (χ1) is 8.81. The summed E-state index contributed by atoms with van der Waals surface area (Å²) in [4.78, 5) is 4.37. The lowest BCUT2D eigenvalue weighted by atomic mass is 10.0. The van der Waals surface area contributed by atoms with E-state index in [0.29, 0.717) is 0 Å². The summed E-state index contributed by atoms with van der Waals surface area (Å²) in [6, 6.07) is 14.9. The van der Waals surface area contributed by atoms with Crippen LogP contribution in [0.3, 0.4) is 0 Å². The van der Waals surface area contributed by atoms with Crippen molar-refractivity contribution in [2.45, 2.75) is 32.9 Å². The van der Waals surface area contributed by atoms with E-state index >= 15 is 0 Å². The van der Waals surface area contributed by atoms with E-state index in [2.05, 4.69) is 54.5 Å². The summed E-state index contributed by atoms with van der Waals surface area (Å²) < 4.78 is 0. The maximum absolute atomic E-state index is 4.37. The Morgan fingerprint density at radius 2 is 1.78 bits per heavy atom. The van der Waals surface area contributed by atoms with Crippen molar-refractivity contribution >= 4 is 0 Å². The molecule has 0 spiro atoms. The zero-order valence-electron chi connectivity index (χ0n) is 11.1. The van der Waals surface area contributed by atoms with Crippen LogP contribution in [0.25, 0.3) is 0 Å². The van der Waals surface area contributed by atoms with Gasteiger partial charge in [-0.25, -0.2) is 0 Å². The van der Waals surface area contributed by atoms with Crippen LogP contribution >= 0.6 is 0 Å². The van der Waals surface area contributed by atoms with Crippen LogP contribution in [0.15, 0.2) is 48.7 Å². The Kier molecular flexibility index (Phi) is 4.48. The van der Waals surface area contributed by atoms with Gasteiger partial charge in [0.1, 0.15) is 0 Å². The van der Waals surface area contributed by atoms with Gasteiger partial charge in [-0.15, -0.1) is 0 Å². The molecule has 94 valence electrons. The minimum atomic E-state index is 0.274. The molecule has 1 aromatic heterocycles. The molecule has 0 aliphatic carbocycles. The SMILES string of the molecule is CCc1ccccc1CN[C@H](C)c1ccccn1. The molecule has 1 heterocycles. The van der Waals surface area contributed by atoms with Crippen molar-refractivity contribution in [1.29, 1.82) is 0 Å². The van der Waals surface area contributed by atoms with Gasteiger partial charge in [-0.05, 0) is 36.6 Å². The van der Waals surface area contributed by atoms with Gasteiger partial charge < -0.3 is 5.32 Å². The summed E-state index contributed by atoms with van der Waals surface area (Å²) in [5.41, 5.74) is 3.88. The van der Waals surface area contributed by atoms with E-state index in [1.807, 2.05) is 18.3 Å². The monoisotopic (exact) mass is 240 g/mol. The largest absolute Gasteiger partial charge is 0.305 e. The Morgan fingerprint density at radius 3 is 2.44 bits per heavy atom. The number of nitrogens with zero attached hydrogens (tertiary/aromatic N) is 1. The lowest BCUT2D eigenvalue weighted by molar-refractivity contribution is 0.559. The number of aromatic nitrogens is 1. The molecule has 2 heteroatoms. The van der Waals surface area contributed by atoms with Crippen LogP contribution in [-0.2, 0) is 13.0 Å². The maximum Gasteiger partial charge on any atom is 0.0570 e. The quantitative estimate of drug-likeness (QED) is 0.865. The van der Waals surface area contributed by atoms with E-state index in [-0.39, 0.29) is 6.04 Å². The van der Waals surface area contributed by atoms with Gasteiger partial charge in [0.25, 0.3) is 0 Å². The predicted octanol–water partition coefficient (Wildman–Crippen LogP) is 3.49. The smallest absolute Gasteiger partial charge is 0.0570 e. The van der Waals surface area contributed by atoms with E-state index in [1.165, 1.54) is 11.1 Å². The van der Waals surface area contributed by atoms with Gasteiger partial charge >= 0.3 is 0 Å². The molecule has 1 N–H and O–H groups in total. The summed E-state index contributed by atoms with van der Waals surface area (Å²) in [6.45, 7) is 5.24. The Balaban J connectivity index is 1.99. The van der Waals surface area contributed by atoms with Crippen molar-refractivity contribution in [3.63, 3.8) is 0 Å². The van der Waals surface area contributed by atoms with Gasteiger partial charge in [0.15, 0.2) is 0 Å². The molecule has 0 radical (unpaired) electrons. The highest BCUT2D eigenvalue weighted by molar-refractivity contribution is 5.27. The second-order valence-corrected chi connectivity index (χ2v) is 4.48. The van der Waals surface area contributed by atoms with Crippen LogP contribution in [-0.4, -0.2) is 4.98 Å². The second-order valence-electron chi connectivity index (χ2n) is 4.48. The number of rotatable bonds is 5. The zero-order valence-corrected chi connectivity index (χ0v) is 11.1. The zero-order chi connectivity index (χ0) is 12.8. The minimum absolute atomic E-state index is 0.274. The van der Waals surface area contributed by atoms with Gasteiger partial charge in [0.05, 0.1) is 5.69 Å². The van der Waals surface area contributed by atoms with Gasteiger partial charge in [0, 0.05) is 18.8 Å². The molecule has 0 amide bonds. The molecule has 1 atom stereocenters. The summed E-state index contributed by atoms with van der Waals surface area (Å²) >= 11 is 0. The predicted molar refractivity (Wildman–Crippen MR) is 75.3 cm³/mol. The molecule has 1 aromatic carbocycles. The van der Waals surface area contributed by atoms with E-state index in [9.17, 15) is 0 Å². The highest BCUT2D eigenvalue weighted by Gasteiger charge is 2.06. The summed E-state index contributed by atoms with van der Waals surface area (Å²) in [5, 5.41) is 3.53. The van der Waals surface area contributed by atoms with Gasteiger partial charge in [-0.1, -0.05) is 37.3 Å². The van der Waals surface area contributed by atoms with Crippen molar-refractivity contribution in [2.24, 2.45) is 0 Å². The molecule has 0 saturated heterocycles. The molecular weight excluding hydrogens is 220 g/mol. The van der Waals surface area contributed by atoms with Gasteiger partial charge in [0.2, 0.25) is 0 Å². The van der Waals surface area contributed by atoms with Crippen LogP contribution in [0.1, 0.15) is 36.7 Å². The van der Waals surface area contributed by atoms with Gasteiger partial charge in [-0.2, -0.15) is 0 Å². The number of aryl methyl sites for hydroxylation is 1. The Hall–Kier alpha value is -1.67. The first-order valence-electron chi connectivity index (χ1n) is 6.52. The highest BCUT2D eigenvalue weighted by Crippen LogP contribution is 2.13. The average Bonchev–Trinajstić information content (AvgIpc) is 2.46. The molecular formula is C16H20N2. The fourth-order valence-electron chi connectivity index (χ4n) is 2.07. The fraction of sp³-hybridized carbons (Fsp3) is 0.312. The average molecular weight is 240 g/mol. The van der Waals surface area contributed by atoms with Crippen LogP contribution < -0.4 is 5.32 Å². The first-order valence-corrected chi connectivity index (χ1v) is 6.52. The number of nitrogens with one attached hydrogen (secondary N) is 1. The Morgan fingerprint density at radius 1 is 1.06 bits per heavy atom. The second kappa shape index (κ2) is 6.31. The van der Waals surface area contributed by atoms with Crippen LogP contribution in [0.5, 0.6) is 0 Å². The molecule has 0 aliphatic rings. The topological polar surface area (TPSA) is 24.9 Å². The van der Waals surface area contributed by atoms with E-state index < -0.39 is 0 Å². The normalized spacial score (nSPS) is 12.3. The fourth-order valence-corrected chi connectivity index (χ4v) is 2.07. The minimum Gasteiger partial charge on any atom is -0.305 e. The van der Waals surface area contributed by atoms with E-state index in [1.54, 1.807) is 0 Å². The maximum atomic E-state index is 4.37. The molecule has 2 nitrogen and oxygen atoms in total. The number of hydrogen-bond donors (Lipinski definition) is 1. The van der Waals surface area contributed by atoms with Crippen molar-refractivity contribution in [3.05, 3.63) is 65.5 Å². The van der Waals surface area contributed by atoms with Crippen LogP contribution in [0, 0.1) is 0 Å². The molecule has 2 aromatic rings. The molecule has 18 heavy (non-hydrogen) atoms. The molecule has 0 fully saturated rings. The van der Waals surface area contributed by atoms with E-state index in [4.69, 9.17) is 0 Å². The van der Waals surface area contributed by atoms with E-state index in [0.717, 1.165) is 18.7 Å². The molecule has 0 bridgehead atoms. The van der Waals surface area contributed by atoms with Gasteiger partial charge in [-0.3, -0.25) is 4.98 Å². The molecule has 0 unspecified atom stereocenters. The van der Waals surface area contributed by atoms with Crippen molar-refractivity contribution < 1.29 is 0 Å². The molecule has 0 saturated carbocycles. The number of benzene rings is 1. The summed E-state index contributed by atoms with van der Waals surface area (Å²) in [5.74, 6) is 0. The van der Waals surface area contributed by atoms with Crippen molar-refractivity contribution in [1.82, 2.24) is 10.3 Å². The highest BCUT2D eigenvalue weighted by atomic mass is 14.9. The first kappa shape index (κ1) is 12.8. The summed E-state index contributed by atoms with van der Waals surface area (Å²) in [6.07, 6.45) is 2.92. The molecule has 0 aliphatic heterocycles. The van der Waals surface area contributed by atoms with Crippen molar-refractivity contribution in [2.75, 3.05) is 0 Å². The van der Waals surface area contributed by atoms with Crippen LogP contribution in [0.2, 0.25) is 0 Å². The Labute approximate surface area is 109 Å². The van der Waals surface area contributed by atoms with Crippen LogP contribution in [0.4, 0.5) is 0 Å². The van der Waals surface area contributed by atoms with Crippen molar-refractivity contribution in [3.8, 4) is 0 Å². The number of pyridine rings is 1. The number of hydrogen-bond acceptors (Lipinski definition) is 2. The summed E-state index contributed by atoms with van der Waals surface area (Å²) in [7, 11) is 0. The third-order valence-electron chi connectivity index (χ3n) is 3.23. The lowest BCUT2D eigenvalue weighted by Gasteiger charge is -2.15.